The van der Waals surface area contributed by atoms with Gasteiger partial charge in [-0.3, -0.25) is 4.99 Å². The van der Waals surface area contributed by atoms with E-state index >= 15 is 0 Å². The van der Waals surface area contributed by atoms with Crippen LogP contribution in [0.1, 0.15) is 12.5 Å². The summed E-state index contributed by atoms with van der Waals surface area (Å²) in [5, 5.41) is 3.12. The highest BCUT2D eigenvalue weighted by Gasteiger charge is 2.07. The largest absolute Gasteiger partial charge is 0.357 e. The Morgan fingerprint density at radius 2 is 2.09 bits per heavy atom. The smallest absolute Gasteiger partial charge is 0.208 e. The number of hydrogen-bond donors (Lipinski definition) is 2. The molecule has 0 heterocycles. The van der Waals surface area contributed by atoms with E-state index in [9.17, 15) is 12.8 Å². The van der Waals surface area contributed by atoms with Gasteiger partial charge in [-0.25, -0.2) is 17.5 Å². The van der Waals surface area contributed by atoms with Crippen LogP contribution in [0.5, 0.6) is 0 Å². The molecule has 0 aliphatic carbocycles. The lowest BCUT2D eigenvalue weighted by atomic mass is 10.2. The van der Waals surface area contributed by atoms with Crippen LogP contribution in [-0.4, -0.2) is 52.2 Å². The van der Waals surface area contributed by atoms with E-state index in [4.69, 9.17) is 0 Å². The van der Waals surface area contributed by atoms with Gasteiger partial charge in [0.05, 0.1) is 12.8 Å². The predicted octanol–water partition coefficient (Wildman–Crippen LogP) is 1.39. The molecule has 0 saturated carbocycles. The number of rotatable bonds is 7. The lowest BCUT2D eigenvalue weighted by Crippen LogP contribution is -2.39. The minimum absolute atomic E-state index is 0. The SMILES string of the molecule is CCNC(=NCCNS(C)(=O)=O)N(C)Cc1cccc(F)c1.I. The quantitative estimate of drug-likeness (QED) is 0.281. The fraction of sp³-hybridized carbons (Fsp3) is 0.500. The molecule has 9 heteroatoms. The lowest BCUT2D eigenvalue weighted by molar-refractivity contribution is 0.475. The first-order valence-electron chi connectivity index (χ1n) is 7.00. The van der Waals surface area contributed by atoms with Crippen LogP contribution >= 0.6 is 24.0 Å². The van der Waals surface area contributed by atoms with E-state index in [1.807, 2.05) is 24.9 Å². The van der Waals surface area contributed by atoms with Gasteiger partial charge in [-0.05, 0) is 24.6 Å². The second-order valence-electron chi connectivity index (χ2n) is 4.89. The van der Waals surface area contributed by atoms with Crippen molar-refractivity contribution in [2.75, 3.05) is 32.9 Å². The van der Waals surface area contributed by atoms with E-state index in [-0.39, 0.29) is 36.3 Å². The Hall–Kier alpha value is -0.940. The summed E-state index contributed by atoms with van der Waals surface area (Å²) >= 11 is 0. The average Bonchev–Trinajstić information content (AvgIpc) is 2.41. The van der Waals surface area contributed by atoms with Crippen molar-refractivity contribution < 1.29 is 12.8 Å². The Morgan fingerprint density at radius 3 is 2.65 bits per heavy atom. The topological polar surface area (TPSA) is 73.8 Å². The van der Waals surface area contributed by atoms with Crippen LogP contribution in [-0.2, 0) is 16.6 Å². The fourth-order valence-electron chi connectivity index (χ4n) is 1.85. The van der Waals surface area contributed by atoms with Crippen molar-refractivity contribution in [2.45, 2.75) is 13.5 Å². The summed E-state index contributed by atoms with van der Waals surface area (Å²) < 4.78 is 37.6. The molecule has 0 aromatic heterocycles. The molecule has 0 atom stereocenters. The van der Waals surface area contributed by atoms with Crippen molar-refractivity contribution in [1.82, 2.24) is 14.9 Å². The van der Waals surface area contributed by atoms with Gasteiger partial charge in [0.15, 0.2) is 5.96 Å². The van der Waals surface area contributed by atoms with E-state index in [1.54, 1.807) is 6.07 Å². The van der Waals surface area contributed by atoms with Gasteiger partial charge in [-0.2, -0.15) is 0 Å². The number of nitrogens with one attached hydrogen (secondary N) is 2. The van der Waals surface area contributed by atoms with Crippen molar-refractivity contribution in [1.29, 1.82) is 0 Å². The van der Waals surface area contributed by atoms with Crippen molar-refractivity contribution in [3.63, 3.8) is 0 Å². The molecule has 0 aliphatic heterocycles. The van der Waals surface area contributed by atoms with Gasteiger partial charge in [-0.15, -0.1) is 24.0 Å². The lowest BCUT2D eigenvalue weighted by Gasteiger charge is -2.22. The number of aliphatic imine (C=N–C) groups is 1. The zero-order valence-electron chi connectivity index (χ0n) is 13.5. The molecule has 1 aromatic rings. The highest BCUT2D eigenvalue weighted by atomic mass is 127. The first-order valence-corrected chi connectivity index (χ1v) is 8.89. The van der Waals surface area contributed by atoms with Crippen LogP contribution in [0.2, 0.25) is 0 Å². The molecule has 132 valence electrons. The van der Waals surface area contributed by atoms with Crippen molar-refractivity contribution in [3.8, 4) is 0 Å². The Balaban J connectivity index is 0.00000484. The minimum atomic E-state index is -3.20. The zero-order valence-corrected chi connectivity index (χ0v) is 16.7. The Kier molecular flexibility index (Phi) is 10.3. The molecule has 0 unspecified atom stereocenters. The maximum atomic E-state index is 13.2. The zero-order chi connectivity index (χ0) is 16.6. The summed E-state index contributed by atoms with van der Waals surface area (Å²) in [7, 11) is -1.36. The summed E-state index contributed by atoms with van der Waals surface area (Å²) in [6, 6.07) is 6.39. The third-order valence-corrected chi connectivity index (χ3v) is 3.47. The van der Waals surface area contributed by atoms with Gasteiger partial charge in [0, 0.05) is 26.7 Å². The molecule has 23 heavy (non-hydrogen) atoms. The number of hydrogen-bond acceptors (Lipinski definition) is 3. The van der Waals surface area contributed by atoms with Gasteiger partial charge in [-0.1, -0.05) is 12.1 Å². The van der Waals surface area contributed by atoms with Crippen molar-refractivity contribution in [3.05, 3.63) is 35.6 Å². The van der Waals surface area contributed by atoms with E-state index in [0.29, 0.717) is 25.6 Å². The van der Waals surface area contributed by atoms with Crippen LogP contribution in [0.3, 0.4) is 0 Å². The van der Waals surface area contributed by atoms with Crippen LogP contribution in [0.25, 0.3) is 0 Å². The van der Waals surface area contributed by atoms with Crippen LogP contribution in [0.15, 0.2) is 29.3 Å². The highest BCUT2D eigenvalue weighted by molar-refractivity contribution is 14.0. The Morgan fingerprint density at radius 1 is 1.39 bits per heavy atom. The van der Waals surface area contributed by atoms with Crippen molar-refractivity contribution >= 4 is 40.0 Å². The van der Waals surface area contributed by atoms with Gasteiger partial charge in [0.2, 0.25) is 10.0 Å². The third kappa shape index (κ3) is 9.72. The first-order chi connectivity index (χ1) is 10.3. The molecule has 0 aliphatic rings. The molecular weight excluding hydrogens is 434 g/mol. The summed E-state index contributed by atoms with van der Waals surface area (Å²) in [6.45, 7) is 3.69. The highest BCUT2D eigenvalue weighted by Crippen LogP contribution is 2.06. The number of nitrogens with zero attached hydrogens (tertiary/aromatic N) is 2. The van der Waals surface area contributed by atoms with Gasteiger partial charge in [0.1, 0.15) is 5.82 Å². The molecule has 0 spiro atoms. The van der Waals surface area contributed by atoms with Gasteiger partial charge >= 0.3 is 0 Å². The molecule has 0 bridgehead atoms. The molecule has 6 nitrogen and oxygen atoms in total. The summed E-state index contributed by atoms with van der Waals surface area (Å²) in [5.41, 5.74) is 0.836. The number of sulfonamides is 1. The van der Waals surface area contributed by atoms with Crippen LogP contribution in [0, 0.1) is 5.82 Å². The monoisotopic (exact) mass is 458 g/mol. The Bertz CT molecular complexity index is 611. The predicted molar refractivity (Wildman–Crippen MR) is 102 cm³/mol. The molecule has 0 amide bonds. The number of benzene rings is 1. The summed E-state index contributed by atoms with van der Waals surface area (Å²) in [6.07, 6.45) is 1.11. The molecular formula is C14H24FIN4O2S. The minimum Gasteiger partial charge on any atom is -0.357 e. The van der Waals surface area contributed by atoms with E-state index in [0.717, 1.165) is 11.8 Å². The number of guanidine groups is 1. The van der Waals surface area contributed by atoms with Gasteiger partial charge < -0.3 is 10.2 Å². The van der Waals surface area contributed by atoms with E-state index in [1.165, 1.54) is 12.1 Å². The summed E-state index contributed by atoms with van der Waals surface area (Å²) in [5.74, 6) is 0.368. The molecule has 0 fully saturated rings. The molecule has 2 N–H and O–H groups in total. The normalized spacial score (nSPS) is 11.7. The molecule has 1 aromatic carbocycles. The first kappa shape index (κ1) is 22.1. The van der Waals surface area contributed by atoms with Gasteiger partial charge in [0.25, 0.3) is 0 Å². The summed E-state index contributed by atoms with van der Waals surface area (Å²) in [4.78, 5) is 6.21. The van der Waals surface area contributed by atoms with Crippen LogP contribution < -0.4 is 10.0 Å². The maximum absolute atomic E-state index is 13.2. The fourth-order valence-corrected chi connectivity index (χ4v) is 2.31. The standard InChI is InChI=1S/C14H23FN4O2S.HI/c1-4-16-14(17-8-9-18-22(3,20)21)19(2)11-12-6-5-7-13(15)10-12;/h5-7,10,18H,4,8-9,11H2,1-3H3,(H,16,17);1H. The van der Waals surface area contributed by atoms with Crippen LogP contribution in [0.4, 0.5) is 4.39 Å². The molecule has 0 saturated heterocycles. The Labute approximate surface area is 154 Å². The second kappa shape index (κ2) is 10.8. The second-order valence-corrected chi connectivity index (χ2v) is 6.72. The van der Waals surface area contributed by atoms with Crippen molar-refractivity contribution in [2.24, 2.45) is 4.99 Å². The molecule has 0 radical (unpaired) electrons. The molecule has 1 rings (SSSR count). The third-order valence-electron chi connectivity index (χ3n) is 2.74. The average molecular weight is 458 g/mol. The number of halogens is 2. The van der Waals surface area contributed by atoms with E-state index < -0.39 is 10.0 Å². The van der Waals surface area contributed by atoms with E-state index in [2.05, 4.69) is 15.0 Å². The maximum Gasteiger partial charge on any atom is 0.208 e.